The molecule has 170 valence electrons. The Bertz CT molecular complexity index is 769. The minimum absolute atomic E-state index is 0.0251. The van der Waals surface area contributed by atoms with E-state index in [-0.39, 0.29) is 17.9 Å². The van der Waals surface area contributed by atoms with Crippen molar-refractivity contribution in [3.8, 4) is 0 Å². The number of allylic oxidation sites excluding steroid dienone is 1. The van der Waals surface area contributed by atoms with Gasteiger partial charge in [0.05, 0.1) is 12.6 Å². The summed E-state index contributed by atoms with van der Waals surface area (Å²) < 4.78 is 0. The quantitative estimate of drug-likeness (QED) is 0.595. The van der Waals surface area contributed by atoms with Crippen LogP contribution < -0.4 is 10.6 Å². The van der Waals surface area contributed by atoms with Gasteiger partial charge in [-0.1, -0.05) is 36.8 Å². The normalized spacial score (nSPS) is 18.8. The highest BCUT2D eigenvalue weighted by atomic mass is 16.2. The zero-order chi connectivity index (χ0) is 22.1. The SMILES string of the molecule is CCc1ccccc1NC(=O)CN1CCN([C@H](C)C(=O)NCCC2=CCCCC2)CC1. The third-order valence-corrected chi connectivity index (χ3v) is 6.50. The largest absolute Gasteiger partial charge is 0.354 e. The fourth-order valence-corrected chi connectivity index (χ4v) is 4.44. The van der Waals surface area contributed by atoms with Crippen molar-refractivity contribution in [2.24, 2.45) is 0 Å². The van der Waals surface area contributed by atoms with E-state index in [1.165, 1.54) is 31.3 Å². The zero-order valence-corrected chi connectivity index (χ0v) is 19.2. The molecule has 0 spiro atoms. The molecule has 1 fully saturated rings. The highest BCUT2D eigenvalue weighted by Gasteiger charge is 2.26. The van der Waals surface area contributed by atoms with E-state index in [0.29, 0.717) is 6.54 Å². The first-order chi connectivity index (χ1) is 15.1. The molecule has 1 aromatic carbocycles. The van der Waals surface area contributed by atoms with Crippen LogP contribution in [-0.4, -0.2) is 66.9 Å². The second kappa shape index (κ2) is 12.0. The Morgan fingerprint density at radius 3 is 2.58 bits per heavy atom. The van der Waals surface area contributed by atoms with Crippen molar-refractivity contribution in [2.75, 3.05) is 44.6 Å². The zero-order valence-electron chi connectivity index (χ0n) is 19.2. The van der Waals surface area contributed by atoms with Crippen molar-refractivity contribution in [1.29, 1.82) is 0 Å². The van der Waals surface area contributed by atoms with Crippen LogP contribution in [0.5, 0.6) is 0 Å². The van der Waals surface area contributed by atoms with Crippen LogP contribution in [0.3, 0.4) is 0 Å². The topological polar surface area (TPSA) is 64.7 Å². The van der Waals surface area contributed by atoms with Gasteiger partial charge in [0.15, 0.2) is 0 Å². The number of hydrogen-bond donors (Lipinski definition) is 2. The molecule has 0 unspecified atom stereocenters. The number of piperazine rings is 1. The van der Waals surface area contributed by atoms with Crippen molar-refractivity contribution >= 4 is 17.5 Å². The summed E-state index contributed by atoms with van der Waals surface area (Å²) in [6, 6.07) is 7.82. The lowest BCUT2D eigenvalue weighted by atomic mass is 9.97. The first kappa shape index (κ1) is 23.5. The third-order valence-electron chi connectivity index (χ3n) is 6.50. The van der Waals surface area contributed by atoms with Crippen LogP contribution in [0.4, 0.5) is 5.69 Å². The van der Waals surface area contributed by atoms with Gasteiger partial charge in [-0.3, -0.25) is 19.4 Å². The number of aryl methyl sites for hydroxylation is 1. The predicted molar refractivity (Wildman–Crippen MR) is 126 cm³/mol. The van der Waals surface area contributed by atoms with E-state index in [1.807, 2.05) is 31.2 Å². The molecule has 1 aromatic rings. The average molecular weight is 427 g/mol. The number of nitrogens with one attached hydrogen (secondary N) is 2. The van der Waals surface area contributed by atoms with Crippen molar-refractivity contribution in [1.82, 2.24) is 15.1 Å². The van der Waals surface area contributed by atoms with Gasteiger partial charge in [-0.15, -0.1) is 0 Å². The van der Waals surface area contributed by atoms with Gasteiger partial charge >= 0.3 is 0 Å². The molecule has 0 radical (unpaired) electrons. The lowest BCUT2D eigenvalue weighted by Crippen LogP contribution is -2.54. The second-order valence-electron chi connectivity index (χ2n) is 8.70. The summed E-state index contributed by atoms with van der Waals surface area (Å²) in [6.07, 6.45) is 9.17. The number of para-hydroxylation sites is 1. The van der Waals surface area contributed by atoms with Gasteiger partial charge in [0.1, 0.15) is 0 Å². The van der Waals surface area contributed by atoms with Crippen molar-refractivity contribution in [2.45, 2.75) is 58.4 Å². The Hall–Kier alpha value is -2.18. The number of amides is 2. The fraction of sp³-hybridized carbons (Fsp3) is 0.600. The second-order valence-corrected chi connectivity index (χ2v) is 8.70. The van der Waals surface area contributed by atoms with Crippen LogP contribution in [0, 0.1) is 0 Å². The van der Waals surface area contributed by atoms with Crippen molar-refractivity contribution < 1.29 is 9.59 Å². The molecule has 1 atom stereocenters. The van der Waals surface area contributed by atoms with E-state index in [9.17, 15) is 9.59 Å². The van der Waals surface area contributed by atoms with E-state index >= 15 is 0 Å². The Kier molecular flexibility index (Phi) is 9.10. The minimum Gasteiger partial charge on any atom is -0.354 e. The average Bonchev–Trinajstić information content (AvgIpc) is 2.80. The molecule has 1 aliphatic carbocycles. The summed E-state index contributed by atoms with van der Waals surface area (Å²) >= 11 is 0. The molecule has 1 saturated heterocycles. The maximum Gasteiger partial charge on any atom is 0.238 e. The molecular formula is C25H38N4O2. The van der Waals surface area contributed by atoms with Crippen molar-refractivity contribution in [3.05, 3.63) is 41.5 Å². The summed E-state index contributed by atoms with van der Waals surface area (Å²) in [5.41, 5.74) is 3.55. The van der Waals surface area contributed by atoms with Gasteiger partial charge in [-0.2, -0.15) is 0 Å². The molecule has 0 aromatic heterocycles. The van der Waals surface area contributed by atoms with Gasteiger partial charge < -0.3 is 10.6 Å². The lowest BCUT2D eigenvalue weighted by molar-refractivity contribution is -0.127. The summed E-state index contributed by atoms with van der Waals surface area (Å²) in [7, 11) is 0. The van der Waals surface area contributed by atoms with Crippen LogP contribution in [0.1, 0.15) is 51.5 Å². The van der Waals surface area contributed by atoms with Crippen LogP contribution in [-0.2, 0) is 16.0 Å². The molecule has 3 rings (SSSR count). The lowest BCUT2D eigenvalue weighted by Gasteiger charge is -2.37. The van der Waals surface area contributed by atoms with Gasteiger partial charge in [0.25, 0.3) is 0 Å². The molecule has 1 heterocycles. The summed E-state index contributed by atoms with van der Waals surface area (Å²) in [4.78, 5) is 29.4. The highest BCUT2D eigenvalue weighted by molar-refractivity contribution is 5.93. The van der Waals surface area contributed by atoms with Crippen LogP contribution in [0.15, 0.2) is 35.9 Å². The molecule has 6 heteroatoms. The first-order valence-electron chi connectivity index (χ1n) is 11.9. The third kappa shape index (κ3) is 7.18. The van der Waals surface area contributed by atoms with E-state index in [4.69, 9.17) is 0 Å². The van der Waals surface area contributed by atoms with Gasteiger partial charge in [0.2, 0.25) is 11.8 Å². The predicted octanol–water partition coefficient (Wildman–Crippen LogP) is 3.20. The molecule has 2 N–H and O–H groups in total. The van der Waals surface area contributed by atoms with Crippen LogP contribution in [0.25, 0.3) is 0 Å². The first-order valence-corrected chi connectivity index (χ1v) is 11.9. The van der Waals surface area contributed by atoms with Gasteiger partial charge in [0, 0.05) is 38.4 Å². The fourth-order valence-electron chi connectivity index (χ4n) is 4.44. The Labute approximate surface area is 187 Å². The summed E-state index contributed by atoms with van der Waals surface area (Å²) in [5, 5.41) is 6.16. The monoisotopic (exact) mass is 426 g/mol. The molecule has 2 amide bonds. The minimum atomic E-state index is -0.132. The molecule has 31 heavy (non-hydrogen) atoms. The number of rotatable bonds is 9. The van der Waals surface area contributed by atoms with E-state index < -0.39 is 0 Å². The molecule has 2 aliphatic rings. The van der Waals surface area contributed by atoms with E-state index in [1.54, 1.807) is 0 Å². The molecule has 0 bridgehead atoms. The number of benzene rings is 1. The number of nitrogens with zero attached hydrogens (tertiary/aromatic N) is 2. The number of hydrogen-bond acceptors (Lipinski definition) is 4. The Balaban J connectivity index is 1.36. The van der Waals surface area contributed by atoms with Crippen molar-refractivity contribution in [3.63, 3.8) is 0 Å². The standard InChI is InChI=1S/C25H38N4O2/c1-3-22-11-7-8-12-23(22)27-24(30)19-28-15-17-29(18-16-28)20(2)25(31)26-14-13-21-9-5-4-6-10-21/h7-9,11-12,20H,3-6,10,13-19H2,1-2H3,(H,26,31)(H,27,30)/t20-/m1/s1. The maximum absolute atomic E-state index is 12.6. The van der Waals surface area contributed by atoms with Gasteiger partial charge in [-0.25, -0.2) is 0 Å². The molecule has 6 nitrogen and oxygen atoms in total. The van der Waals surface area contributed by atoms with Crippen LogP contribution in [0.2, 0.25) is 0 Å². The van der Waals surface area contributed by atoms with Crippen LogP contribution >= 0.6 is 0 Å². The number of carbonyl (C=O) groups excluding carboxylic acids is 2. The molecular weight excluding hydrogens is 388 g/mol. The number of carbonyl (C=O) groups is 2. The summed E-state index contributed by atoms with van der Waals surface area (Å²) in [6.45, 7) is 8.40. The van der Waals surface area contributed by atoms with Gasteiger partial charge in [-0.05, 0) is 57.1 Å². The molecule has 0 saturated carbocycles. The summed E-state index contributed by atoms with van der Waals surface area (Å²) in [5.74, 6) is 0.135. The molecule has 1 aliphatic heterocycles. The number of anilines is 1. The smallest absolute Gasteiger partial charge is 0.238 e. The Morgan fingerprint density at radius 1 is 1.10 bits per heavy atom. The highest BCUT2D eigenvalue weighted by Crippen LogP contribution is 2.19. The maximum atomic E-state index is 12.6. The van der Waals surface area contributed by atoms with E-state index in [0.717, 1.165) is 56.8 Å². The Morgan fingerprint density at radius 2 is 1.87 bits per heavy atom. The van der Waals surface area contributed by atoms with E-state index in [2.05, 4.69) is 33.4 Å².